The lowest BCUT2D eigenvalue weighted by molar-refractivity contribution is -0.174. The van der Waals surface area contributed by atoms with Gasteiger partial charge in [0.1, 0.15) is 12.4 Å². The maximum atomic E-state index is 12.5. The highest BCUT2D eigenvalue weighted by Gasteiger charge is 2.40. The van der Waals surface area contributed by atoms with Crippen LogP contribution in [0.5, 0.6) is 5.75 Å². The molecule has 0 saturated carbocycles. The van der Waals surface area contributed by atoms with Gasteiger partial charge < -0.3 is 25.3 Å². The van der Waals surface area contributed by atoms with Crippen molar-refractivity contribution in [3.63, 3.8) is 0 Å². The van der Waals surface area contributed by atoms with Crippen LogP contribution in [0.3, 0.4) is 0 Å². The zero-order valence-corrected chi connectivity index (χ0v) is 16.7. The number of rotatable bonds is 8. The number of aromatic nitrogens is 1. The highest BCUT2D eigenvalue weighted by molar-refractivity contribution is 5.88. The van der Waals surface area contributed by atoms with Crippen molar-refractivity contribution in [3.8, 4) is 5.75 Å². The molecule has 10 heteroatoms. The summed E-state index contributed by atoms with van der Waals surface area (Å²) in [5.74, 6) is -1.96. The molecular formula is C20H23F3N4O3. The van der Waals surface area contributed by atoms with E-state index in [1.54, 1.807) is 51.4 Å². The van der Waals surface area contributed by atoms with Crippen molar-refractivity contribution in [2.24, 2.45) is 13.0 Å². The lowest BCUT2D eigenvalue weighted by Crippen LogP contribution is -2.48. The summed E-state index contributed by atoms with van der Waals surface area (Å²) in [5.41, 5.74) is 1.54. The van der Waals surface area contributed by atoms with Crippen molar-refractivity contribution < 1.29 is 22.7 Å². The van der Waals surface area contributed by atoms with E-state index in [-0.39, 0.29) is 18.1 Å². The van der Waals surface area contributed by atoms with Gasteiger partial charge in [0.25, 0.3) is 0 Å². The quantitative estimate of drug-likeness (QED) is 0.567. The van der Waals surface area contributed by atoms with E-state index in [1.165, 1.54) is 10.6 Å². The Bertz CT molecular complexity index is 970. The lowest BCUT2D eigenvalue weighted by Gasteiger charge is -2.23. The summed E-state index contributed by atoms with van der Waals surface area (Å²) < 4.78 is 44.5. The third-order valence-electron chi connectivity index (χ3n) is 4.35. The van der Waals surface area contributed by atoms with Gasteiger partial charge in [-0.2, -0.15) is 13.2 Å². The Morgan fingerprint density at radius 2 is 1.97 bits per heavy atom. The second kappa shape index (κ2) is 9.47. The van der Waals surface area contributed by atoms with Crippen LogP contribution in [0.1, 0.15) is 19.4 Å². The number of carbonyl (C=O) groups is 1. The zero-order valence-electron chi connectivity index (χ0n) is 16.7. The molecule has 7 nitrogen and oxygen atoms in total. The van der Waals surface area contributed by atoms with Crippen LogP contribution in [0.4, 0.5) is 24.5 Å². The molecule has 2 aromatic rings. The number of ether oxygens (including phenoxy) is 1. The first kappa shape index (κ1) is 23.0. The molecule has 1 amide bonds. The van der Waals surface area contributed by atoms with Gasteiger partial charge in [-0.1, -0.05) is 13.8 Å². The Kier molecular flexibility index (Phi) is 7.25. The summed E-state index contributed by atoms with van der Waals surface area (Å²) in [6.07, 6.45) is -2.26. The van der Waals surface area contributed by atoms with Crippen LogP contribution in [-0.2, 0) is 11.8 Å². The Morgan fingerprint density at radius 3 is 2.53 bits per heavy atom. The van der Waals surface area contributed by atoms with Gasteiger partial charge in [-0.3, -0.25) is 9.59 Å². The number of alkyl halides is 3. The molecule has 1 unspecified atom stereocenters. The number of aryl methyl sites for hydroxylation is 1. The second-order valence-corrected chi connectivity index (χ2v) is 7.02. The smallest absolute Gasteiger partial charge is 0.471 e. The van der Waals surface area contributed by atoms with E-state index < -0.39 is 18.1 Å². The van der Waals surface area contributed by atoms with E-state index in [0.717, 1.165) is 6.21 Å². The number of hydrogen-bond acceptors (Lipinski definition) is 5. The number of hydrogen-bond donors (Lipinski definition) is 3. The highest BCUT2D eigenvalue weighted by atomic mass is 19.4. The molecule has 30 heavy (non-hydrogen) atoms. The molecule has 0 bridgehead atoms. The normalized spacial score (nSPS) is 12.4. The Labute approximate surface area is 171 Å². The number of nitrogens with zero attached hydrogens (tertiary/aromatic N) is 1. The average Bonchev–Trinajstić information content (AvgIpc) is 2.67. The molecule has 0 spiro atoms. The minimum absolute atomic E-state index is 0.158. The second-order valence-electron chi connectivity index (χ2n) is 7.02. The van der Waals surface area contributed by atoms with E-state index in [9.17, 15) is 22.8 Å². The fraction of sp³-hybridized carbons (Fsp3) is 0.350. The number of halogens is 3. The fourth-order valence-electron chi connectivity index (χ4n) is 2.52. The van der Waals surface area contributed by atoms with Crippen molar-refractivity contribution in [2.75, 3.05) is 11.9 Å². The number of amides is 1. The summed E-state index contributed by atoms with van der Waals surface area (Å²) in [7, 11) is 1.62. The van der Waals surface area contributed by atoms with E-state index >= 15 is 0 Å². The fourth-order valence-corrected chi connectivity index (χ4v) is 2.52. The summed E-state index contributed by atoms with van der Waals surface area (Å²) in [5, 5.41) is 12.6. The van der Waals surface area contributed by atoms with Crippen LogP contribution in [0.25, 0.3) is 0 Å². The van der Waals surface area contributed by atoms with Crippen molar-refractivity contribution in [1.82, 2.24) is 9.88 Å². The molecule has 0 aliphatic carbocycles. The van der Waals surface area contributed by atoms with Gasteiger partial charge in [0.15, 0.2) is 0 Å². The lowest BCUT2D eigenvalue weighted by atomic mass is 10.1. The Morgan fingerprint density at radius 1 is 1.27 bits per heavy atom. The SMILES string of the molecule is CC(C)C(COc1ccc(Nc2ccc(=O)n(C)c2)c(C=N)c1)NC(=O)C(F)(F)F. The van der Waals surface area contributed by atoms with Crippen LogP contribution in [0.15, 0.2) is 41.3 Å². The van der Waals surface area contributed by atoms with Crippen molar-refractivity contribution in [1.29, 1.82) is 5.41 Å². The molecule has 1 aromatic heterocycles. The maximum Gasteiger partial charge on any atom is 0.471 e. The van der Waals surface area contributed by atoms with Gasteiger partial charge >= 0.3 is 12.1 Å². The summed E-state index contributed by atoms with van der Waals surface area (Å²) in [6, 6.07) is 6.98. The molecule has 0 fully saturated rings. The number of benzene rings is 1. The van der Waals surface area contributed by atoms with Crippen molar-refractivity contribution in [3.05, 3.63) is 52.4 Å². The zero-order chi connectivity index (χ0) is 22.5. The van der Waals surface area contributed by atoms with Crippen molar-refractivity contribution in [2.45, 2.75) is 26.1 Å². The van der Waals surface area contributed by atoms with Crippen LogP contribution < -0.4 is 20.9 Å². The summed E-state index contributed by atoms with van der Waals surface area (Å²) >= 11 is 0. The van der Waals surface area contributed by atoms with E-state index in [4.69, 9.17) is 10.1 Å². The molecule has 0 aliphatic heterocycles. The summed E-state index contributed by atoms with van der Waals surface area (Å²) in [4.78, 5) is 22.7. The van der Waals surface area contributed by atoms with Gasteiger partial charge in [-0.05, 0) is 30.2 Å². The molecule has 162 valence electrons. The molecule has 1 atom stereocenters. The molecule has 0 radical (unpaired) electrons. The minimum Gasteiger partial charge on any atom is -0.491 e. The van der Waals surface area contributed by atoms with Gasteiger partial charge in [0, 0.05) is 36.8 Å². The minimum atomic E-state index is -4.96. The summed E-state index contributed by atoms with van der Waals surface area (Å²) in [6.45, 7) is 3.19. The first-order valence-electron chi connectivity index (χ1n) is 9.10. The van der Waals surface area contributed by atoms with Crippen LogP contribution in [0, 0.1) is 11.3 Å². The topological polar surface area (TPSA) is 96.2 Å². The van der Waals surface area contributed by atoms with Gasteiger partial charge in [0.05, 0.1) is 11.7 Å². The van der Waals surface area contributed by atoms with Crippen LogP contribution in [0.2, 0.25) is 0 Å². The molecule has 2 rings (SSSR count). The van der Waals surface area contributed by atoms with Crippen molar-refractivity contribution >= 4 is 23.5 Å². The maximum absolute atomic E-state index is 12.5. The molecule has 3 N–H and O–H groups in total. The number of carbonyl (C=O) groups excluding carboxylic acids is 1. The molecular weight excluding hydrogens is 401 g/mol. The Hall–Kier alpha value is -3.30. The predicted octanol–water partition coefficient (Wildman–Crippen LogP) is 3.21. The van der Waals surface area contributed by atoms with E-state index in [0.29, 0.717) is 22.7 Å². The number of anilines is 2. The van der Waals surface area contributed by atoms with E-state index in [2.05, 4.69) is 5.32 Å². The average molecular weight is 424 g/mol. The molecule has 0 saturated heterocycles. The van der Waals surface area contributed by atoms with Crippen LogP contribution >= 0.6 is 0 Å². The Balaban J connectivity index is 2.11. The molecule has 0 aliphatic rings. The van der Waals surface area contributed by atoms with Crippen LogP contribution in [-0.4, -0.2) is 35.5 Å². The molecule has 1 aromatic carbocycles. The number of pyridine rings is 1. The van der Waals surface area contributed by atoms with Gasteiger partial charge in [0.2, 0.25) is 5.56 Å². The van der Waals surface area contributed by atoms with E-state index in [1.807, 2.05) is 5.32 Å². The first-order chi connectivity index (χ1) is 14.0. The number of nitrogens with one attached hydrogen (secondary N) is 3. The predicted molar refractivity (Wildman–Crippen MR) is 108 cm³/mol. The first-order valence-corrected chi connectivity index (χ1v) is 9.10. The highest BCUT2D eigenvalue weighted by Crippen LogP contribution is 2.24. The largest absolute Gasteiger partial charge is 0.491 e. The van der Waals surface area contributed by atoms with Gasteiger partial charge in [-0.15, -0.1) is 0 Å². The third-order valence-corrected chi connectivity index (χ3v) is 4.35. The molecule has 1 heterocycles. The monoisotopic (exact) mass is 424 g/mol. The van der Waals surface area contributed by atoms with Gasteiger partial charge in [-0.25, -0.2) is 0 Å². The standard InChI is InChI=1S/C20H23F3N4O3/c1-12(2)17(26-19(29)20(21,22)23)11-30-15-5-6-16(13(8-15)9-24)25-14-4-7-18(28)27(3)10-14/h4-10,12,17,24-25H,11H2,1-3H3,(H,26,29). The third kappa shape index (κ3) is 6.10.